The van der Waals surface area contributed by atoms with E-state index in [1.807, 2.05) is 6.92 Å². The minimum absolute atomic E-state index is 0.0305. The Hall–Kier alpha value is -2.25. The number of hydrogen-bond donors (Lipinski definition) is 1. The molecule has 1 fully saturated rings. The molecule has 0 bridgehead atoms. The highest BCUT2D eigenvalue weighted by molar-refractivity contribution is 5.77. The molecule has 2 heterocycles. The fraction of sp³-hybridized carbons (Fsp3) is 0.545. The van der Waals surface area contributed by atoms with E-state index in [9.17, 15) is 9.59 Å². The quantitative estimate of drug-likeness (QED) is 0.785. The van der Waals surface area contributed by atoms with E-state index < -0.39 is 0 Å². The van der Waals surface area contributed by atoms with E-state index in [1.165, 1.54) is 10.9 Å². The van der Waals surface area contributed by atoms with E-state index >= 15 is 0 Å². The number of carbonyl (C=O) groups is 1. The molecule has 8 nitrogen and oxygen atoms in total. The van der Waals surface area contributed by atoms with Crippen LogP contribution < -0.4 is 10.9 Å². The molecule has 19 heavy (non-hydrogen) atoms. The highest BCUT2D eigenvalue weighted by atomic mass is 16.2. The summed E-state index contributed by atoms with van der Waals surface area (Å²) >= 11 is 0. The van der Waals surface area contributed by atoms with Crippen molar-refractivity contribution in [3.8, 4) is 0 Å². The third-order valence-electron chi connectivity index (χ3n) is 3.05. The number of rotatable bonds is 4. The average Bonchev–Trinajstić information content (AvgIpc) is 3.09. The summed E-state index contributed by atoms with van der Waals surface area (Å²) in [7, 11) is 0. The molecule has 1 amide bonds. The first-order valence-electron chi connectivity index (χ1n) is 6.27. The minimum atomic E-state index is -0.337. The number of nitrogens with zero attached hydrogens (tertiary/aromatic N) is 5. The summed E-state index contributed by atoms with van der Waals surface area (Å²) in [5.41, 5.74) is 0.311. The van der Waals surface area contributed by atoms with Crippen molar-refractivity contribution >= 4 is 17.1 Å². The Morgan fingerprint density at radius 3 is 3.00 bits per heavy atom. The van der Waals surface area contributed by atoms with Crippen molar-refractivity contribution in [3.05, 3.63) is 16.7 Å². The van der Waals surface area contributed by atoms with Gasteiger partial charge < -0.3 is 5.32 Å². The fourth-order valence-corrected chi connectivity index (χ4v) is 1.87. The third kappa shape index (κ3) is 2.20. The van der Waals surface area contributed by atoms with Crippen LogP contribution in [0, 0.1) is 0 Å². The third-order valence-corrected chi connectivity index (χ3v) is 3.05. The van der Waals surface area contributed by atoms with Gasteiger partial charge in [0.25, 0.3) is 5.56 Å². The molecule has 0 atom stereocenters. The van der Waals surface area contributed by atoms with E-state index in [1.54, 1.807) is 4.68 Å². The van der Waals surface area contributed by atoms with Crippen molar-refractivity contribution in [2.24, 2.45) is 0 Å². The number of amides is 1. The molecule has 3 rings (SSSR count). The number of fused-ring (bicyclic) bond motifs is 1. The molecule has 0 aliphatic heterocycles. The first-order valence-corrected chi connectivity index (χ1v) is 6.27. The van der Waals surface area contributed by atoms with Gasteiger partial charge in [-0.2, -0.15) is 0 Å². The topological polar surface area (TPSA) is 94.7 Å². The molecule has 2 aromatic heterocycles. The summed E-state index contributed by atoms with van der Waals surface area (Å²) in [6.45, 7) is 2.46. The molecule has 0 aromatic carbocycles. The number of aryl methyl sites for hydroxylation is 1. The molecular formula is C11H14N6O2. The van der Waals surface area contributed by atoms with Crippen molar-refractivity contribution in [3.63, 3.8) is 0 Å². The number of aromatic nitrogens is 5. The second-order valence-corrected chi connectivity index (χ2v) is 4.60. The lowest BCUT2D eigenvalue weighted by molar-refractivity contribution is -0.121. The minimum Gasteiger partial charge on any atom is -0.352 e. The molecule has 1 aliphatic carbocycles. The molecule has 0 radical (unpaired) electrons. The van der Waals surface area contributed by atoms with Crippen LogP contribution >= 0.6 is 0 Å². The summed E-state index contributed by atoms with van der Waals surface area (Å²) in [5, 5.41) is 10.5. The van der Waals surface area contributed by atoms with Crippen LogP contribution in [0.2, 0.25) is 0 Å². The molecule has 2 aromatic rings. The first-order chi connectivity index (χ1) is 9.19. The predicted molar refractivity (Wildman–Crippen MR) is 66.4 cm³/mol. The van der Waals surface area contributed by atoms with Crippen LogP contribution in [0.4, 0.5) is 0 Å². The Bertz CT molecular complexity index is 684. The van der Waals surface area contributed by atoms with E-state index in [-0.39, 0.29) is 29.6 Å². The maximum absolute atomic E-state index is 12.1. The lowest BCUT2D eigenvalue weighted by Gasteiger charge is -2.05. The van der Waals surface area contributed by atoms with Gasteiger partial charge in [0.15, 0.2) is 11.2 Å². The standard InChI is InChI=1S/C11H14N6O2/c1-2-17-10-9(14-15-17)11(19)16(6-12-10)5-8(18)13-7-3-4-7/h6-7H,2-5H2,1H3,(H,13,18). The van der Waals surface area contributed by atoms with Gasteiger partial charge in [0.2, 0.25) is 5.91 Å². The van der Waals surface area contributed by atoms with Crippen LogP contribution in [0.15, 0.2) is 11.1 Å². The summed E-state index contributed by atoms with van der Waals surface area (Å²) < 4.78 is 2.81. The second kappa shape index (κ2) is 4.45. The van der Waals surface area contributed by atoms with E-state index in [0.717, 1.165) is 12.8 Å². The van der Waals surface area contributed by atoms with Gasteiger partial charge in [0.05, 0.1) is 0 Å². The van der Waals surface area contributed by atoms with Gasteiger partial charge in [-0.25, -0.2) is 9.67 Å². The first kappa shape index (κ1) is 11.8. The summed E-state index contributed by atoms with van der Waals surface area (Å²) in [6.07, 6.45) is 3.40. The Balaban J connectivity index is 1.89. The SMILES string of the molecule is CCn1nnc2c(=O)n(CC(=O)NC3CC3)cnc21. The molecule has 0 saturated heterocycles. The Morgan fingerprint density at radius 2 is 2.32 bits per heavy atom. The van der Waals surface area contributed by atoms with Crippen molar-refractivity contribution in [2.75, 3.05) is 0 Å². The van der Waals surface area contributed by atoms with Crippen LogP contribution in [0.1, 0.15) is 19.8 Å². The smallest absolute Gasteiger partial charge is 0.283 e. The fourth-order valence-electron chi connectivity index (χ4n) is 1.87. The van der Waals surface area contributed by atoms with E-state index in [0.29, 0.717) is 12.2 Å². The van der Waals surface area contributed by atoms with Crippen molar-refractivity contribution in [2.45, 2.75) is 38.9 Å². The van der Waals surface area contributed by atoms with Gasteiger partial charge in [-0.1, -0.05) is 5.21 Å². The van der Waals surface area contributed by atoms with E-state index in [2.05, 4.69) is 20.6 Å². The predicted octanol–water partition coefficient (Wildman–Crippen LogP) is -0.713. The monoisotopic (exact) mass is 262 g/mol. The zero-order chi connectivity index (χ0) is 13.4. The molecule has 0 unspecified atom stereocenters. The molecule has 0 spiro atoms. The number of nitrogens with one attached hydrogen (secondary N) is 1. The van der Waals surface area contributed by atoms with E-state index in [4.69, 9.17) is 0 Å². The van der Waals surface area contributed by atoms with Gasteiger partial charge in [-0.05, 0) is 19.8 Å². The van der Waals surface area contributed by atoms with Crippen LogP contribution in [-0.2, 0) is 17.9 Å². The lowest BCUT2D eigenvalue weighted by atomic mass is 10.4. The lowest BCUT2D eigenvalue weighted by Crippen LogP contribution is -2.33. The Labute approximate surface area is 108 Å². The van der Waals surface area contributed by atoms with Gasteiger partial charge in [0.1, 0.15) is 12.9 Å². The van der Waals surface area contributed by atoms with Gasteiger partial charge in [-0.15, -0.1) is 5.10 Å². The second-order valence-electron chi connectivity index (χ2n) is 4.60. The highest BCUT2D eigenvalue weighted by Gasteiger charge is 2.23. The summed E-state index contributed by atoms with van der Waals surface area (Å²) in [4.78, 5) is 27.9. The van der Waals surface area contributed by atoms with Gasteiger partial charge in [-0.3, -0.25) is 14.2 Å². The van der Waals surface area contributed by atoms with Crippen LogP contribution in [0.25, 0.3) is 11.2 Å². The Kier molecular flexibility index (Phi) is 2.77. The molecule has 100 valence electrons. The number of hydrogen-bond acceptors (Lipinski definition) is 5. The average molecular weight is 262 g/mol. The molecule has 1 N–H and O–H groups in total. The maximum atomic E-state index is 12.1. The zero-order valence-electron chi connectivity index (χ0n) is 10.5. The normalized spacial score (nSPS) is 14.8. The maximum Gasteiger partial charge on any atom is 0.283 e. The van der Waals surface area contributed by atoms with Crippen LogP contribution in [-0.4, -0.2) is 36.5 Å². The molecule has 1 saturated carbocycles. The van der Waals surface area contributed by atoms with Crippen LogP contribution in [0.5, 0.6) is 0 Å². The highest BCUT2D eigenvalue weighted by Crippen LogP contribution is 2.18. The van der Waals surface area contributed by atoms with Crippen molar-refractivity contribution in [1.29, 1.82) is 0 Å². The largest absolute Gasteiger partial charge is 0.352 e. The van der Waals surface area contributed by atoms with Gasteiger partial charge >= 0.3 is 0 Å². The number of carbonyl (C=O) groups excluding carboxylic acids is 1. The van der Waals surface area contributed by atoms with Crippen molar-refractivity contribution < 1.29 is 4.79 Å². The molecular weight excluding hydrogens is 248 g/mol. The van der Waals surface area contributed by atoms with Crippen molar-refractivity contribution in [1.82, 2.24) is 29.9 Å². The summed E-state index contributed by atoms with van der Waals surface area (Å²) in [6, 6.07) is 0.279. The van der Waals surface area contributed by atoms with Gasteiger partial charge in [0, 0.05) is 12.6 Å². The van der Waals surface area contributed by atoms with Crippen LogP contribution in [0.3, 0.4) is 0 Å². The molecule has 1 aliphatic rings. The summed E-state index contributed by atoms with van der Waals surface area (Å²) in [5.74, 6) is -0.173. The molecule has 8 heteroatoms. The Morgan fingerprint density at radius 1 is 1.53 bits per heavy atom. The zero-order valence-corrected chi connectivity index (χ0v) is 10.5.